The Morgan fingerprint density at radius 3 is 2.26 bits per heavy atom. The van der Waals surface area contributed by atoms with E-state index < -0.39 is 0 Å². The Labute approximate surface area is 118 Å². The van der Waals surface area contributed by atoms with E-state index in [0.717, 1.165) is 14.2 Å². The summed E-state index contributed by atoms with van der Waals surface area (Å²) in [7, 11) is 1.02. The third-order valence-electron chi connectivity index (χ3n) is 4.44. The molecule has 3 atom stereocenters. The Bertz CT molecular complexity index is 520. The Hall–Kier alpha value is -1.13. The van der Waals surface area contributed by atoms with Crippen molar-refractivity contribution in [3.05, 3.63) is 71.8 Å². The van der Waals surface area contributed by atoms with Gasteiger partial charge in [0.2, 0.25) is 0 Å². The molecule has 1 aliphatic heterocycles. The molecule has 0 spiro atoms. The zero-order valence-electron chi connectivity index (χ0n) is 11.5. The maximum absolute atomic E-state index is 2.35. The van der Waals surface area contributed by atoms with Crippen LogP contribution in [-0.2, 0) is 5.16 Å². The van der Waals surface area contributed by atoms with E-state index in [2.05, 4.69) is 67.6 Å². The van der Waals surface area contributed by atoms with E-state index >= 15 is 0 Å². The fourth-order valence-electron chi connectivity index (χ4n) is 3.27. The molecular formula is C18H21P. The summed E-state index contributed by atoms with van der Waals surface area (Å²) in [6.07, 6.45) is 3.94. The van der Waals surface area contributed by atoms with Crippen molar-refractivity contribution in [1.82, 2.24) is 0 Å². The van der Waals surface area contributed by atoms with Gasteiger partial charge in [-0.2, -0.15) is 0 Å². The van der Waals surface area contributed by atoms with Crippen LogP contribution in [0.5, 0.6) is 0 Å². The first kappa shape index (κ1) is 12.9. The second kappa shape index (κ2) is 5.47. The summed E-state index contributed by atoms with van der Waals surface area (Å²) < 4.78 is 0. The average Bonchev–Trinajstić information content (AvgIpc) is 2.95. The van der Waals surface area contributed by atoms with E-state index in [9.17, 15) is 0 Å². The third-order valence-corrected chi connectivity index (χ3v) is 6.86. The Balaban J connectivity index is 1.87. The van der Waals surface area contributed by atoms with Crippen LogP contribution in [0, 0.1) is 0 Å². The lowest BCUT2D eigenvalue weighted by Crippen LogP contribution is -2.15. The molecule has 1 fully saturated rings. The highest BCUT2D eigenvalue weighted by Gasteiger charge is 2.39. The van der Waals surface area contributed by atoms with Crippen molar-refractivity contribution in [3.8, 4) is 0 Å². The van der Waals surface area contributed by atoms with Gasteiger partial charge in [-0.05, 0) is 30.4 Å². The fraction of sp³-hybridized carbons (Fsp3) is 0.333. The summed E-state index contributed by atoms with van der Waals surface area (Å²) in [6, 6.07) is 22.2. The van der Waals surface area contributed by atoms with E-state index in [1.54, 1.807) is 5.56 Å². The van der Waals surface area contributed by atoms with Crippen molar-refractivity contribution in [3.63, 3.8) is 0 Å². The molecule has 2 aromatic carbocycles. The molecule has 1 heterocycles. The van der Waals surface area contributed by atoms with Crippen LogP contribution in [0.1, 0.15) is 43.0 Å². The zero-order valence-corrected chi connectivity index (χ0v) is 12.5. The first-order valence-corrected chi connectivity index (χ1v) is 8.30. The van der Waals surface area contributed by atoms with Gasteiger partial charge < -0.3 is 0 Å². The lowest BCUT2D eigenvalue weighted by atomic mass is 9.90. The van der Waals surface area contributed by atoms with E-state index in [1.165, 1.54) is 24.8 Å². The highest BCUT2D eigenvalue weighted by atomic mass is 31.1. The van der Waals surface area contributed by atoms with Crippen molar-refractivity contribution in [1.29, 1.82) is 0 Å². The molecule has 19 heavy (non-hydrogen) atoms. The molecule has 3 rings (SSSR count). The van der Waals surface area contributed by atoms with Gasteiger partial charge in [0, 0.05) is 10.8 Å². The molecule has 0 aromatic heterocycles. The maximum Gasteiger partial charge on any atom is 0.0129 e. The van der Waals surface area contributed by atoms with Gasteiger partial charge in [0.15, 0.2) is 0 Å². The van der Waals surface area contributed by atoms with E-state index in [4.69, 9.17) is 0 Å². The lowest BCUT2D eigenvalue weighted by Gasteiger charge is -2.29. The molecule has 0 radical (unpaired) electrons. The van der Waals surface area contributed by atoms with Crippen LogP contribution in [0.25, 0.3) is 0 Å². The molecule has 2 aromatic rings. The highest BCUT2D eigenvalue weighted by Crippen LogP contribution is 2.63. The number of hydrogen-bond acceptors (Lipinski definition) is 0. The number of rotatable bonds is 3. The molecule has 1 aliphatic rings. The van der Waals surface area contributed by atoms with Gasteiger partial charge in [-0.25, -0.2) is 0 Å². The summed E-state index contributed by atoms with van der Waals surface area (Å²) in [5, 5.41) is 0.432. The first-order chi connectivity index (χ1) is 9.34. The maximum atomic E-state index is 2.35. The molecule has 1 saturated heterocycles. The number of benzene rings is 2. The Morgan fingerprint density at radius 2 is 1.63 bits per heavy atom. The van der Waals surface area contributed by atoms with Gasteiger partial charge in [0.25, 0.3) is 0 Å². The molecule has 0 amide bonds. The minimum atomic E-state index is 0.432. The molecule has 0 bridgehead atoms. The fourth-order valence-corrected chi connectivity index (χ4v) is 5.41. The van der Waals surface area contributed by atoms with Crippen LogP contribution in [-0.4, -0.2) is 0 Å². The van der Waals surface area contributed by atoms with Gasteiger partial charge in [-0.15, -0.1) is 8.58 Å². The van der Waals surface area contributed by atoms with Crippen molar-refractivity contribution in [2.75, 3.05) is 0 Å². The second-order valence-corrected chi connectivity index (χ2v) is 7.39. The predicted molar refractivity (Wildman–Crippen MR) is 85.1 cm³/mol. The molecule has 0 nitrogen and oxygen atoms in total. The van der Waals surface area contributed by atoms with E-state index in [1.807, 2.05) is 0 Å². The summed E-state index contributed by atoms with van der Waals surface area (Å²) in [5.74, 6) is 0. The van der Waals surface area contributed by atoms with Gasteiger partial charge in [-0.1, -0.05) is 67.6 Å². The van der Waals surface area contributed by atoms with Crippen molar-refractivity contribution >= 4 is 8.58 Å². The molecule has 98 valence electrons. The quantitative estimate of drug-likeness (QED) is 0.644. The summed E-state index contributed by atoms with van der Waals surface area (Å²) in [4.78, 5) is 0. The van der Waals surface area contributed by atoms with E-state index in [-0.39, 0.29) is 0 Å². The molecule has 0 saturated carbocycles. The van der Waals surface area contributed by atoms with Gasteiger partial charge in [-0.3, -0.25) is 0 Å². The Morgan fingerprint density at radius 1 is 1.00 bits per heavy atom. The standard InChI is InChI=1S/C18H21P/c1-2-18(16-11-7-4-8-12-16)14-13-17(19-18)15-9-5-3-6-10-15/h3-12,17,19H,2,13-14H2,1H3/t17-,18-/m1/s1. The second-order valence-electron chi connectivity index (χ2n) is 5.45. The SMILES string of the molecule is CC[C@]1(c2ccccc2)CC[C@H](c2ccccc2)P1. The molecule has 1 unspecified atom stereocenters. The van der Waals surface area contributed by atoms with Crippen LogP contribution >= 0.6 is 8.58 Å². The van der Waals surface area contributed by atoms with Crippen LogP contribution in [0.3, 0.4) is 0 Å². The molecule has 0 N–H and O–H groups in total. The summed E-state index contributed by atoms with van der Waals surface area (Å²) >= 11 is 0. The first-order valence-electron chi connectivity index (χ1n) is 7.22. The van der Waals surface area contributed by atoms with Gasteiger partial charge >= 0.3 is 0 Å². The zero-order chi connectivity index (χ0) is 13.1. The monoisotopic (exact) mass is 268 g/mol. The normalized spacial score (nSPS) is 27.7. The Kier molecular flexibility index (Phi) is 3.71. The van der Waals surface area contributed by atoms with Crippen LogP contribution < -0.4 is 0 Å². The topological polar surface area (TPSA) is 0 Å². The number of hydrogen-bond donors (Lipinski definition) is 0. The lowest BCUT2D eigenvalue weighted by molar-refractivity contribution is 0.557. The summed E-state index contributed by atoms with van der Waals surface area (Å²) in [5.41, 5.74) is 3.85. The predicted octanol–water partition coefficient (Wildman–Crippen LogP) is 5.51. The van der Waals surface area contributed by atoms with Crippen LogP contribution in [0.4, 0.5) is 0 Å². The molecular weight excluding hydrogens is 247 g/mol. The van der Waals surface area contributed by atoms with Crippen molar-refractivity contribution in [2.45, 2.75) is 37.0 Å². The molecule has 0 aliphatic carbocycles. The van der Waals surface area contributed by atoms with E-state index in [0.29, 0.717) is 5.16 Å². The van der Waals surface area contributed by atoms with Crippen LogP contribution in [0.15, 0.2) is 60.7 Å². The highest BCUT2D eigenvalue weighted by molar-refractivity contribution is 7.40. The third kappa shape index (κ3) is 2.47. The van der Waals surface area contributed by atoms with Crippen LogP contribution in [0.2, 0.25) is 0 Å². The largest absolute Gasteiger partial charge is 0.103 e. The average molecular weight is 268 g/mol. The van der Waals surface area contributed by atoms with Gasteiger partial charge in [0.1, 0.15) is 0 Å². The van der Waals surface area contributed by atoms with Crippen molar-refractivity contribution < 1.29 is 0 Å². The molecule has 1 heteroatoms. The smallest absolute Gasteiger partial charge is 0.0129 e. The van der Waals surface area contributed by atoms with Gasteiger partial charge in [0.05, 0.1) is 0 Å². The minimum Gasteiger partial charge on any atom is -0.103 e. The summed E-state index contributed by atoms with van der Waals surface area (Å²) in [6.45, 7) is 2.35. The van der Waals surface area contributed by atoms with Crippen molar-refractivity contribution in [2.24, 2.45) is 0 Å². The minimum absolute atomic E-state index is 0.432.